The number of ether oxygens (including phenoxy) is 1. The van der Waals surface area contributed by atoms with E-state index >= 15 is 0 Å². The number of nitrogens with one attached hydrogen (secondary N) is 1. The monoisotopic (exact) mass is 310 g/mol. The summed E-state index contributed by atoms with van der Waals surface area (Å²) in [5.74, 6) is 0.125. The minimum Gasteiger partial charge on any atom is -0.383 e. The van der Waals surface area contributed by atoms with Crippen molar-refractivity contribution in [1.82, 2.24) is 10.2 Å². The molecule has 1 fully saturated rings. The first kappa shape index (κ1) is 16.3. The van der Waals surface area contributed by atoms with Gasteiger partial charge in [0.25, 0.3) is 0 Å². The molecule has 0 spiro atoms. The Hall–Kier alpha value is -1.10. The largest absolute Gasteiger partial charge is 0.383 e. The molecule has 116 valence electrons. The summed E-state index contributed by atoms with van der Waals surface area (Å²) >= 11 is 5.97. The molecule has 1 aliphatic rings. The second-order valence-corrected chi connectivity index (χ2v) is 5.75. The van der Waals surface area contributed by atoms with Crippen molar-refractivity contribution in [2.24, 2.45) is 5.92 Å². The van der Waals surface area contributed by atoms with Gasteiger partial charge in [0.1, 0.15) is 0 Å². The van der Waals surface area contributed by atoms with Crippen molar-refractivity contribution < 1.29 is 9.53 Å². The third-order valence-electron chi connectivity index (χ3n) is 3.98. The number of halogens is 1. The van der Waals surface area contributed by atoms with Crippen molar-refractivity contribution in [2.45, 2.75) is 19.4 Å². The van der Waals surface area contributed by atoms with Gasteiger partial charge in [0.15, 0.2) is 0 Å². The maximum absolute atomic E-state index is 12.3. The number of rotatable bonds is 6. The number of amides is 1. The average Bonchev–Trinajstić information content (AvgIpc) is 2.90. The van der Waals surface area contributed by atoms with Crippen molar-refractivity contribution in [3.63, 3.8) is 0 Å². The van der Waals surface area contributed by atoms with Gasteiger partial charge in [-0.25, -0.2) is 0 Å². The number of hydrogen-bond donors (Lipinski definition) is 1. The van der Waals surface area contributed by atoms with E-state index in [2.05, 4.69) is 10.2 Å². The zero-order valence-corrected chi connectivity index (χ0v) is 13.4. The molecule has 1 aliphatic heterocycles. The Morgan fingerprint density at radius 3 is 2.76 bits per heavy atom. The SMILES string of the molecule is CCNC(=O)[C@@H]1CCN(CCOC)[C@H]1c1ccc(Cl)cc1. The van der Waals surface area contributed by atoms with Crippen molar-refractivity contribution in [1.29, 1.82) is 0 Å². The van der Waals surface area contributed by atoms with Gasteiger partial charge >= 0.3 is 0 Å². The number of likely N-dealkylation sites (tertiary alicyclic amines) is 1. The molecule has 1 aromatic carbocycles. The van der Waals surface area contributed by atoms with E-state index in [0.717, 1.165) is 30.1 Å². The van der Waals surface area contributed by atoms with Crippen LogP contribution in [-0.2, 0) is 9.53 Å². The number of carbonyl (C=O) groups is 1. The number of hydrogen-bond acceptors (Lipinski definition) is 3. The summed E-state index contributed by atoms with van der Waals surface area (Å²) in [7, 11) is 1.70. The zero-order valence-electron chi connectivity index (χ0n) is 12.6. The van der Waals surface area contributed by atoms with Crippen molar-refractivity contribution in [3.05, 3.63) is 34.9 Å². The molecule has 0 bridgehead atoms. The van der Waals surface area contributed by atoms with E-state index in [4.69, 9.17) is 16.3 Å². The number of benzene rings is 1. The highest BCUT2D eigenvalue weighted by Crippen LogP contribution is 2.37. The Labute approximate surface area is 131 Å². The summed E-state index contributed by atoms with van der Waals surface area (Å²) in [6, 6.07) is 7.91. The lowest BCUT2D eigenvalue weighted by Crippen LogP contribution is -2.36. The van der Waals surface area contributed by atoms with Crippen molar-refractivity contribution in [3.8, 4) is 0 Å². The highest BCUT2D eigenvalue weighted by Gasteiger charge is 2.39. The fraction of sp³-hybridized carbons (Fsp3) is 0.562. The second kappa shape index (κ2) is 7.78. The normalized spacial score (nSPS) is 22.4. The summed E-state index contributed by atoms with van der Waals surface area (Å²) < 4.78 is 5.19. The van der Waals surface area contributed by atoms with Crippen LogP contribution in [0.1, 0.15) is 24.9 Å². The fourth-order valence-corrected chi connectivity index (χ4v) is 3.12. The molecule has 2 rings (SSSR count). The van der Waals surface area contributed by atoms with Crippen LogP contribution in [0.5, 0.6) is 0 Å². The Kier molecular flexibility index (Phi) is 6.03. The van der Waals surface area contributed by atoms with Crippen LogP contribution in [0.15, 0.2) is 24.3 Å². The average molecular weight is 311 g/mol. The molecule has 1 N–H and O–H groups in total. The Morgan fingerprint density at radius 2 is 2.14 bits per heavy atom. The van der Waals surface area contributed by atoms with Gasteiger partial charge in [0, 0.05) is 31.3 Å². The van der Waals surface area contributed by atoms with Gasteiger partial charge in [-0.2, -0.15) is 0 Å². The molecule has 1 saturated heterocycles. The molecular formula is C16H23ClN2O2. The zero-order chi connectivity index (χ0) is 15.2. The highest BCUT2D eigenvalue weighted by atomic mass is 35.5. The molecule has 0 unspecified atom stereocenters. The smallest absolute Gasteiger partial charge is 0.225 e. The van der Waals surface area contributed by atoms with Crippen LogP contribution < -0.4 is 5.32 Å². The number of nitrogens with zero attached hydrogens (tertiary/aromatic N) is 1. The van der Waals surface area contributed by atoms with Gasteiger partial charge in [-0.1, -0.05) is 23.7 Å². The van der Waals surface area contributed by atoms with Gasteiger partial charge in [0.2, 0.25) is 5.91 Å². The van der Waals surface area contributed by atoms with Crippen LogP contribution in [0, 0.1) is 5.92 Å². The second-order valence-electron chi connectivity index (χ2n) is 5.31. The third kappa shape index (κ3) is 3.96. The van der Waals surface area contributed by atoms with E-state index in [1.807, 2.05) is 31.2 Å². The third-order valence-corrected chi connectivity index (χ3v) is 4.24. The highest BCUT2D eigenvalue weighted by molar-refractivity contribution is 6.30. The van der Waals surface area contributed by atoms with E-state index in [9.17, 15) is 4.79 Å². The predicted molar refractivity (Wildman–Crippen MR) is 84.4 cm³/mol. The molecule has 0 radical (unpaired) electrons. The minimum absolute atomic E-state index is 0.0111. The molecule has 1 amide bonds. The first-order chi connectivity index (χ1) is 10.2. The number of methoxy groups -OCH3 is 1. The summed E-state index contributed by atoms with van der Waals surface area (Å²) in [5.41, 5.74) is 1.14. The molecular weight excluding hydrogens is 288 g/mol. The molecule has 0 saturated carbocycles. The van der Waals surface area contributed by atoms with Crippen LogP contribution in [0.25, 0.3) is 0 Å². The molecule has 0 aliphatic carbocycles. The molecule has 4 nitrogen and oxygen atoms in total. The standard InChI is InChI=1S/C16H23ClN2O2/c1-3-18-16(20)14-8-9-19(10-11-21-2)15(14)12-4-6-13(17)7-5-12/h4-7,14-15H,3,8-11H2,1-2H3,(H,18,20)/t14-,15+/m1/s1. The molecule has 1 aromatic rings. The Bertz CT molecular complexity index is 464. The van der Waals surface area contributed by atoms with E-state index in [1.54, 1.807) is 7.11 Å². The Balaban J connectivity index is 2.21. The lowest BCUT2D eigenvalue weighted by atomic mass is 9.93. The van der Waals surface area contributed by atoms with Crippen LogP contribution in [0.4, 0.5) is 0 Å². The summed E-state index contributed by atoms with van der Waals surface area (Å²) in [6.07, 6.45) is 0.878. The predicted octanol–water partition coefficient (Wildman–Crippen LogP) is 2.49. The summed E-state index contributed by atoms with van der Waals surface area (Å²) in [5, 5.41) is 3.67. The van der Waals surface area contributed by atoms with Crippen molar-refractivity contribution >= 4 is 17.5 Å². The van der Waals surface area contributed by atoms with E-state index < -0.39 is 0 Å². The quantitative estimate of drug-likeness (QED) is 0.877. The van der Waals surface area contributed by atoms with E-state index in [0.29, 0.717) is 13.2 Å². The Morgan fingerprint density at radius 1 is 1.43 bits per heavy atom. The first-order valence-electron chi connectivity index (χ1n) is 7.43. The maximum atomic E-state index is 12.3. The van der Waals surface area contributed by atoms with Gasteiger partial charge in [0.05, 0.1) is 12.5 Å². The van der Waals surface area contributed by atoms with E-state index in [-0.39, 0.29) is 17.9 Å². The fourth-order valence-electron chi connectivity index (χ4n) is 3.00. The summed E-state index contributed by atoms with van der Waals surface area (Å²) in [4.78, 5) is 14.6. The van der Waals surface area contributed by atoms with Crippen molar-refractivity contribution in [2.75, 3.05) is 33.4 Å². The van der Waals surface area contributed by atoms with Gasteiger partial charge < -0.3 is 10.1 Å². The number of carbonyl (C=O) groups excluding carboxylic acids is 1. The molecule has 21 heavy (non-hydrogen) atoms. The topological polar surface area (TPSA) is 41.6 Å². The molecule has 5 heteroatoms. The molecule has 0 aromatic heterocycles. The van der Waals surface area contributed by atoms with Crippen LogP contribution in [0.2, 0.25) is 5.02 Å². The van der Waals surface area contributed by atoms with Gasteiger partial charge in [-0.3, -0.25) is 9.69 Å². The van der Waals surface area contributed by atoms with Gasteiger partial charge in [-0.15, -0.1) is 0 Å². The lowest BCUT2D eigenvalue weighted by Gasteiger charge is -2.28. The first-order valence-corrected chi connectivity index (χ1v) is 7.81. The maximum Gasteiger partial charge on any atom is 0.225 e. The van der Waals surface area contributed by atoms with Crippen LogP contribution in [-0.4, -0.2) is 44.2 Å². The summed E-state index contributed by atoms with van der Waals surface area (Å²) in [6.45, 7) is 5.04. The lowest BCUT2D eigenvalue weighted by molar-refractivity contribution is -0.125. The van der Waals surface area contributed by atoms with Crippen LogP contribution in [0.3, 0.4) is 0 Å². The van der Waals surface area contributed by atoms with Crippen LogP contribution >= 0.6 is 11.6 Å². The minimum atomic E-state index is -0.0111. The molecule has 2 atom stereocenters. The molecule has 1 heterocycles. The van der Waals surface area contributed by atoms with Gasteiger partial charge in [-0.05, 0) is 37.6 Å². The van der Waals surface area contributed by atoms with E-state index in [1.165, 1.54) is 0 Å².